The quantitative estimate of drug-likeness (QED) is 0.0788. The maximum absolute atomic E-state index is 13.4. The van der Waals surface area contributed by atoms with E-state index in [1.807, 2.05) is 60.7 Å². The second kappa shape index (κ2) is 21.9. The van der Waals surface area contributed by atoms with Gasteiger partial charge in [-0.3, -0.25) is 8.42 Å². The number of halogens is 2. The normalized spacial score (nSPS) is 16.0. The Morgan fingerprint density at radius 2 is 0.714 bits per heavy atom. The molecule has 2 aromatic carbocycles. The third kappa shape index (κ3) is 14.0. The molecule has 42 heavy (non-hydrogen) atoms. The lowest BCUT2D eigenvalue weighted by Crippen LogP contribution is -2.28. The van der Waals surface area contributed by atoms with Gasteiger partial charge in [0.2, 0.25) is 0 Å². The largest absolute Gasteiger partial charge is 0.253 e. The van der Waals surface area contributed by atoms with Crippen molar-refractivity contribution in [3.63, 3.8) is 0 Å². The molecule has 4 atom stereocenters. The van der Waals surface area contributed by atoms with E-state index in [1.165, 1.54) is 51.4 Å². The molecule has 238 valence electrons. The molecule has 0 spiro atoms. The highest BCUT2D eigenvalue weighted by Crippen LogP contribution is 2.38. The summed E-state index contributed by atoms with van der Waals surface area (Å²) in [7, 11) is -2.40. The Morgan fingerprint density at radius 1 is 0.452 bits per heavy atom. The molecular formula is C36H56Cl2O2S2. The van der Waals surface area contributed by atoms with Crippen molar-refractivity contribution in [2.24, 2.45) is 0 Å². The minimum atomic E-state index is -1.20. The standard InChI is InChI=1S/C36H56Cl2O2S2/c1-3-5-7-21-29-35(37,41(39)33-25-17-15-18-26-33)31-23-13-11-9-10-12-14-24-32-36(38,30-22-8-6-4-2)42(40)34-27-19-16-20-28-34/h15-20,25-28H,3-14,21-24,29-32H2,1-2H3. The molecule has 0 aliphatic carbocycles. The maximum atomic E-state index is 13.4. The van der Waals surface area contributed by atoms with Crippen molar-refractivity contribution in [3.05, 3.63) is 60.7 Å². The van der Waals surface area contributed by atoms with Crippen molar-refractivity contribution in [1.29, 1.82) is 0 Å². The molecule has 0 amide bonds. The molecule has 2 rings (SSSR count). The summed E-state index contributed by atoms with van der Waals surface area (Å²) in [5.41, 5.74) is 0. The first kappa shape index (κ1) is 37.5. The van der Waals surface area contributed by atoms with E-state index < -0.39 is 30.0 Å². The zero-order valence-electron chi connectivity index (χ0n) is 26.3. The van der Waals surface area contributed by atoms with Crippen molar-refractivity contribution in [2.75, 3.05) is 0 Å². The Labute approximate surface area is 273 Å². The van der Waals surface area contributed by atoms with Crippen molar-refractivity contribution >= 4 is 44.8 Å². The van der Waals surface area contributed by atoms with E-state index in [9.17, 15) is 8.42 Å². The summed E-state index contributed by atoms with van der Waals surface area (Å²) in [5.74, 6) is 0. The third-order valence-corrected chi connectivity index (χ3v) is 13.4. The first-order valence-corrected chi connectivity index (χ1v) is 19.7. The number of unbranched alkanes of at least 4 members (excludes halogenated alkanes) is 13. The number of alkyl halides is 2. The highest BCUT2D eigenvalue weighted by atomic mass is 35.5. The Bertz CT molecular complexity index is 922. The second-order valence-corrected chi connectivity index (χ2v) is 17.4. The molecule has 0 aliphatic heterocycles. The smallest absolute Gasteiger partial charge is 0.124 e. The summed E-state index contributed by atoms with van der Waals surface area (Å²) < 4.78 is 25.5. The first-order valence-electron chi connectivity index (χ1n) is 16.7. The zero-order chi connectivity index (χ0) is 30.5. The lowest BCUT2D eigenvalue weighted by atomic mass is 10.0. The van der Waals surface area contributed by atoms with Gasteiger partial charge in [0.15, 0.2) is 0 Å². The van der Waals surface area contributed by atoms with E-state index in [0.29, 0.717) is 0 Å². The SMILES string of the molecule is CCCCCCC(Cl)(CCCCCCCCCCC(Cl)(CCCCCC)S(=O)c1ccccc1)S(=O)c1ccccc1. The van der Waals surface area contributed by atoms with Crippen LogP contribution in [0.15, 0.2) is 70.5 Å². The molecule has 0 heterocycles. The van der Waals surface area contributed by atoms with Crippen LogP contribution in [0.3, 0.4) is 0 Å². The number of benzene rings is 2. The zero-order valence-corrected chi connectivity index (χ0v) is 29.4. The van der Waals surface area contributed by atoms with Crippen LogP contribution in [0.5, 0.6) is 0 Å². The Hall–Kier alpha value is -0.680. The summed E-state index contributed by atoms with van der Waals surface area (Å²) in [5, 5.41) is 0. The van der Waals surface area contributed by atoms with E-state index in [-0.39, 0.29) is 0 Å². The van der Waals surface area contributed by atoms with Crippen LogP contribution < -0.4 is 0 Å². The van der Waals surface area contributed by atoms with Gasteiger partial charge < -0.3 is 0 Å². The highest BCUT2D eigenvalue weighted by molar-refractivity contribution is 7.88. The minimum absolute atomic E-state index is 0.667. The van der Waals surface area contributed by atoms with Gasteiger partial charge in [0.05, 0.1) is 21.6 Å². The molecule has 0 saturated heterocycles. The van der Waals surface area contributed by atoms with Gasteiger partial charge >= 0.3 is 0 Å². The molecule has 0 bridgehead atoms. The van der Waals surface area contributed by atoms with Gasteiger partial charge in [0, 0.05) is 9.79 Å². The molecule has 6 heteroatoms. The molecule has 4 unspecified atom stereocenters. The molecule has 0 radical (unpaired) electrons. The van der Waals surface area contributed by atoms with Gasteiger partial charge in [0.25, 0.3) is 0 Å². The van der Waals surface area contributed by atoms with E-state index in [4.69, 9.17) is 23.2 Å². The van der Waals surface area contributed by atoms with Crippen LogP contribution in [0.1, 0.15) is 142 Å². The van der Waals surface area contributed by atoms with E-state index in [0.717, 1.165) is 86.8 Å². The summed E-state index contributed by atoms with van der Waals surface area (Å²) in [6, 6.07) is 19.5. The van der Waals surface area contributed by atoms with Crippen molar-refractivity contribution in [3.8, 4) is 0 Å². The van der Waals surface area contributed by atoms with Crippen molar-refractivity contribution in [2.45, 2.75) is 160 Å². The fourth-order valence-corrected chi connectivity index (χ4v) is 9.64. The summed E-state index contributed by atoms with van der Waals surface area (Å²) in [4.78, 5) is 1.69. The van der Waals surface area contributed by atoms with E-state index in [1.54, 1.807) is 0 Å². The maximum Gasteiger partial charge on any atom is 0.124 e. The van der Waals surface area contributed by atoms with Gasteiger partial charge in [-0.25, -0.2) is 0 Å². The summed E-state index contributed by atoms with van der Waals surface area (Å²) in [6.45, 7) is 4.43. The molecule has 2 nitrogen and oxygen atoms in total. The van der Waals surface area contributed by atoms with Crippen LogP contribution in [0.4, 0.5) is 0 Å². The fraction of sp³-hybridized carbons (Fsp3) is 0.667. The van der Waals surface area contributed by atoms with Crippen LogP contribution in [0.2, 0.25) is 0 Å². The number of rotatable bonds is 25. The van der Waals surface area contributed by atoms with Gasteiger partial charge in [0.1, 0.15) is 8.41 Å². The summed E-state index contributed by atoms with van der Waals surface area (Å²) in [6.07, 6.45) is 21.5. The highest BCUT2D eigenvalue weighted by Gasteiger charge is 2.35. The van der Waals surface area contributed by atoms with Crippen LogP contribution in [-0.2, 0) is 21.6 Å². The molecule has 0 fully saturated rings. The monoisotopic (exact) mass is 654 g/mol. The van der Waals surface area contributed by atoms with Crippen molar-refractivity contribution < 1.29 is 8.42 Å². The molecule has 0 aromatic heterocycles. The topological polar surface area (TPSA) is 34.1 Å². The van der Waals surface area contributed by atoms with Crippen molar-refractivity contribution in [1.82, 2.24) is 0 Å². The third-order valence-electron chi connectivity index (χ3n) is 8.24. The Kier molecular flexibility index (Phi) is 19.6. The van der Waals surface area contributed by atoms with E-state index in [2.05, 4.69) is 13.8 Å². The van der Waals surface area contributed by atoms with Gasteiger partial charge in [-0.1, -0.05) is 153 Å². The molecule has 0 N–H and O–H groups in total. The minimum Gasteiger partial charge on any atom is -0.253 e. The predicted octanol–water partition coefficient (Wildman–Crippen LogP) is 12.3. The number of hydrogen-bond donors (Lipinski definition) is 0. The van der Waals surface area contributed by atoms with Gasteiger partial charge in [-0.15, -0.1) is 23.2 Å². The molecule has 2 aromatic rings. The molecular weight excluding hydrogens is 599 g/mol. The Morgan fingerprint density at radius 3 is 1.00 bits per heavy atom. The van der Waals surface area contributed by atoms with Gasteiger partial charge in [-0.2, -0.15) is 0 Å². The Balaban J connectivity index is 1.71. The molecule has 0 saturated carbocycles. The average molecular weight is 656 g/mol. The van der Waals surface area contributed by atoms with Crippen LogP contribution in [0.25, 0.3) is 0 Å². The second-order valence-electron chi connectivity index (χ2n) is 11.9. The lowest BCUT2D eigenvalue weighted by molar-refractivity contribution is 0.499. The van der Waals surface area contributed by atoms with Crippen LogP contribution in [0, 0.1) is 0 Å². The van der Waals surface area contributed by atoms with Gasteiger partial charge in [-0.05, 0) is 49.9 Å². The van der Waals surface area contributed by atoms with Crippen LogP contribution in [-0.4, -0.2) is 16.8 Å². The predicted molar refractivity (Wildman–Crippen MR) is 187 cm³/mol. The first-order chi connectivity index (χ1) is 20.4. The average Bonchev–Trinajstić information content (AvgIpc) is 3.02. The fourth-order valence-electron chi connectivity index (χ4n) is 5.60. The van der Waals surface area contributed by atoms with Crippen LogP contribution >= 0.6 is 23.2 Å². The molecule has 0 aliphatic rings. The summed E-state index contributed by atoms with van der Waals surface area (Å²) >= 11 is 14.2. The van der Waals surface area contributed by atoms with E-state index >= 15 is 0 Å². The number of hydrogen-bond acceptors (Lipinski definition) is 2. The lowest BCUT2D eigenvalue weighted by Gasteiger charge is -2.27.